The fraction of sp³-hybridized carbons (Fsp3) is 1.00. The molecule has 0 spiro atoms. The zero-order valence-electron chi connectivity index (χ0n) is 9.72. The predicted octanol–water partition coefficient (Wildman–Crippen LogP) is 2.58. The van der Waals surface area contributed by atoms with Gasteiger partial charge in [0.15, 0.2) is 0 Å². The van der Waals surface area contributed by atoms with E-state index in [4.69, 9.17) is 4.74 Å². The Kier molecular flexibility index (Phi) is 6.20. The van der Waals surface area contributed by atoms with Gasteiger partial charge in [-0.25, -0.2) is 0 Å². The maximum Gasteiger partial charge on any atom is 0.0591 e. The van der Waals surface area contributed by atoms with E-state index in [1.54, 1.807) is 0 Å². The fourth-order valence-corrected chi connectivity index (χ4v) is 1.52. The Morgan fingerprint density at radius 3 is 2.86 bits per heavy atom. The van der Waals surface area contributed by atoms with Gasteiger partial charge < -0.3 is 10.1 Å². The van der Waals surface area contributed by atoms with Crippen LogP contribution in [0.15, 0.2) is 0 Å². The highest BCUT2D eigenvalue weighted by molar-refractivity contribution is 4.72. The highest BCUT2D eigenvalue weighted by Crippen LogP contribution is 2.28. The van der Waals surface area contributed by atoms with Crippen LogP contribution in [0.4, 0.5) is 0 Å². The van der Waals surface area contributed by atoms with E-state index < -0.39 is 0 Å². The van der Waals surface area contributed by atoms with Gasteiger partial charge in [0, 0.05) is 19.2 Å². The third kappa shape index (κ3) is 6.39. The number of hydrogen-bond donors (Lipinski definition) is 1. The largest absolute Gasteiger partial charge is 0.380 e. The topological polar surface area (TPSA) is 21.3 Å². The Morgan fingerprint density at radius 1 is 1.43 bits per heavy atom. The molecule has 0 amide bonds. The second kappa shape index (κ2) is 7.24. The lowest BCUT2D eigenvalue weighted by molar-refractivity contribution is 0.124. The molecule has 1 N–H and O–H groups in total. The number of ether oxygens (including phenoxy) is 1. The van der Waals surface area contributed by atoms with Crippen LogP contribution >= 0.6 is 0 Å². The first-order valence-electron chi connectivity index (χ1n) is 6.14. The van der Waals surface area contributed by atoms with Gasteiger partial charge in [0.1, 0.15) is 0 Å². The summed E-state index contributed by atoms with van der Waals surface area (Å²) in [7, 11) is 0. The lowest BCUT2D eigenvalue weighted by atomic mass is 10.1. The Bertz CT molecular complexity index is 134. The van der Waals surface area contributed by atoms with Crippen molar-refractivity contribution in [2.45, 2.75) is 52.0 Å². The zero-order chi connectivity index (χ0) is 10.2. The van der Waals surface area contributed by atoms with Gasteiger partial charge in [-0.2, -0.15) is 0 Å². The minimum atomic E-state index is 0.652. The molecule has 1 aliphatic carbocycles. The normalized spacial score (nSPS) is 18.4. The van der Waals surface area contributed by atoms with Crippen molar-refractivity contribution in [2.75, 3.05) is 19.8 Å². The van der Waals surface area contributed by atoms with E-state index >= 15 is 0 Å². The van der Waals surface area contributed by atoms with Crippen LogP contribution in [0.5, 0.6) is 0 Å². The summed E-state index contributed by atoms with van der Waals surface area (Å²) in [5.41, 5.74) is 0. The molecule has 0 aromatic rings. The summed E-state index contributed by atoms with van der Waals surface area (Å²) in [6.07, 6.45) is 6.70. The average Bonchev–Trinajstić information content (AvgIpc) is 2.98. The highest BCUT2D eigenvalue weighted by atomic mass is 16.5. The average molecular weight is 199 g/mol. The molecule has 2 heteroatoms. The Labute approximate surface area is 88.4 Å². The maximum absolute atomic E-state index is 5.55. The number of hydrogen-bond acceptors (Lipinski definition) is 2. The van der Waals surface area contributed by atoms with Gasteiger partial charge >= 0.3 is 0 Å². The molecule has 0 saturated heterocycles. The van der Waals surface area contributed by atoms with Crippen LogP contribution in [0.3, 0.4) is 0 Å². The van der Waals surface area contributed by atoms with Crippen LogP contribution in [-0.2, 0) is 4.74 Å². The van der Waals surface area contributed by atoms with Crippen LogP contribution < -0.4 is 5.32 Å². The van der Waals surface area contributed by atoms with Crippen LogP contribution in [0.25, 0.3) is 0 Å². The van der Waals surface area contributed by atoms with Gasteiger partial charge in [-0.15, -0.1) is 0 Å². The van der Waals surface area contributed by atoms with Crippen molar-refractivity contribution in [3.05, 3.63) is 0 Å². The summed E-state index contributed by atoms with van der Waals surface area (Å²) in [5.74, 6) is 0.896. The summed E-state index contributed by atoms with van der Waals surface area (Å²) in [4.78, 5) is 0. The van der Waals surface area contributed by atoms with Gasteiger partial charge in [0.2, 0.25) is 0 Å². The molecule has 2 nitrogen and oxygen atoms in total. The first-order valence-corrected chi connectivity index (χ1v) is 6.14. The molecule has 1 unspecified atom stereocenters. The molecular weight excluding hydrogens is 174 g/mol. The van der Waals surface area contributed by atoms with Crippen molar-refractivity contribution >= 4 is 0 Å². The number of unbranched alkanes of at least 4 members (excludes halogenated alkanes) is 1. The van der Waals surface area contributed by atoms with Crippen LogP contribution in [0.2, 0.25) is 0 Å². The molecule has 1 fully saturated rings. The molecule has 1 aliphatic rings. The number of rotatable bonds is 9. The molecule has 0 radical (unpaired) electrons. The van der Waals surface area contributed by atoms with Gasteiger partial charge in [0.25, 0.3) is 0 Å². The maximum atomic E-state index is 5.55. The van der Waals surface area contributed by atoms with Gasteiger partial charge in [0.05, 0.1) is 6.61 Å². The van der Waals surface area contributed by atoms with Gasteiger partial charge in [-0.05, 0) is 32.1 Å². The lowest BCUT2D eigenvalue weighted by Crippen LogP contribution is -2.29. The minimum absolute atomic E-state index is 0.652. The molecule has 84 valence electrons. The third-order valence-electron chi connectivity index (χ3n) is 2.78. The summed E-state index contributed by atoms with van der Waals surface area (Å²) in [6.45, 7) is 7.39. The van der Waals surface area contributed by atoms with E-state index in [9.17, 15) is 0 Å². The van der Waals surface area contributed by atoms with Crippen LogP contribution in [0, 0.1) is 5.92 Å². The molecule has 0 heterocycles. The Balaban J connectivity index is 1.77. The number of nitrogens with one attached hydrogen (secondary N) is 1. The van der Waals surface area contributed by atoms with Crippen molar-refractivity contribution < 1.29 is 4.74 Å². The summed E-state index contributed by atoms with van der Waals surface area (Å²) in [6, 6.07) is 0.652. The monoisotopic (exact) mass is 199 g/mol. The molecule has 0 aromatic carbocycles. The summed E-state index contributed by atoms with van der Waals surface area (Å²) >= 11 is 0. The van der Waals surface area contributed by atoms with Gasteiger partial charge in [-0.3, -0.25) is 0 Å². The molecular formula is C12H25NO. The quantitative estimate of drug-likeness (QED) is 0.576. The second-order valence-electron chi connectivity index (χ2n) is 4.52. The molecule has 0 aliphatic heterocycles. The second-order valence-corrected chi connectivity index (χ2v) is 4.52. The predicted molar refractivity (Wildman–Crippen MR) is 60.5 cm³/mol. The Hall–Kier alpha value is -0.0800. The van der Waals surface area contributed by atoms with Crippen LogP contribution in [-0.4, -0.2) is 25.8 Å². The van der Waals surface area contributed by atoms with E-state index in [1.165, 1.54) is 32.1 Å². The van der Waals surface area contributed by atoms with Crippen molar-refractivity contribution in [1.82, 2.24) is 5.32 Å². The summed E-state index contributed by atoms with van der Waals surface area (Å²) < 4.78 is 5.55. The zero-order valence-corrected chi connectivity index (χ0v) is 9.72. The van der Waals surface area contributed by atoms with Crippen molar-refractivity contribution in [2.24, 2.45) is 5.92 Å². The van der Waals surface area contributed by atoms with Crippen molar-refractivity contribution in [3.8, 4) is 0 Å². The van der Waals surface area contributed by atoms with E-state index in [-0.39, 0.29) is 0 Å². The molecule has 0 bridgehead atoms. The third-order valence-corrected chi connectivity index (χ3v) is 2.78. The van der Waals surface area contributed by atoms with E-state index in [2.05, 4.69) is 19.2 Å². The SMILES string of the molecule is CCCCC(C)NCCOCC1CC1. The minimum Gasteiger partial charge on any atom is -0.380 e. The van der Waals surface area contributed by atoms with Crippen LogP contribution in [0.1, 0.15) is 46.0 Å². The lowest BCUT2D eigenvalue weighted by Gasteiger charge is -2.13. The summed E-state index contributed by atoms with van der Waals surface area (Å²) in [5, 5.41) is 3.49. The molecule has 0 aromatic heterocycles. The van der Waals surface area contributed by atoms with E-state index in [1.807, 2.05) is 0 Å². The van der Waals surface area contributed by atoms with E-state index in [0.717, 1.165) is 25.7 Å². The molecule has 14 heavy (non-hydrogen) atoms. The first kappa shape index (κ1) is 12.0. The standard InChI is InChI=1S/C12H25NO/c1-3-4-5-11(2)13-8-9-14-10-12-6-7-12/h11-13H,3-10H2,1-2H3. The smallest absolute Gasteiger partial charge is 0.0591 e. The van der Waals surface area contributed by atoms with Gasteiger partial charge in [-0.1, -0.05) is 19.8 Å². The van der Waals surface area contributed by atoms with E-state index in [0.29, 0.717) is 6.04 Å². The molecule has 1 rings (SSSR count). The first-order chi connectivity index (χ1) is 6.83. The van der Waals surface area contributed by atoms with Crippen molar-refractivity contribution in [3.63, 3.8) is 0 Å². The van der Waals surface area contributed by atoms with Crippen molar-refractivity contribution in [1.29, 1.82) is 0 Å². The molecule has 1 atom stereocenters. The fourth-order valence-electron chi connectivity index (χ4n) is 1.52. The Morgan fingerprint density at radius 2 is 2.21 bits per heavy atom. The molecule has 1 saturated carbocycles. The highest BCUT2D eigenvalue weighted by Gasteiger charge is 2.20.